The summed E-state index contributed by atoms with van der Waals surface area (Å²) in [6, 6.07) is 9.55. The number of benzene rings is 1. The van der Waals surface area contributed by atoms with E-state index < -0.39 is 0 Å². The molecule has 0 saturated heterocycles. The third-order valence-electron chi connectivity index (χ3n) is 2.54. The van der Waals surface area contributed by atoms with Gasteiger partial charge >= 0.3 is 0 Å². The first-order valence-corrected chi connectivity index (χ1v) is 5.64. The second-order valence-corrected chi connectivity index (χ2v) is 3.94. The number of aryl methyl sites for hydroxylation is 1. The van der Waals surface area contributed by atoms with Crippen LogP contribution in [0.1, 0.15) is 5.56 Å². The lowest BCUT2D eigenvalue weighted by Gasteiger charge is -2.10. The molecule has 2 aromatic rings. The summed E-state index contributed by atoms with van der Waals surface area (Å²) in [6.45, 7) is 2.03. The molecule has 0 atom stereocenters. The van der Waals surface area contributed by atoms with Crippen molar-refractivity contribution in [3.63, 3.8) is 0 Å². The third kappa shape index (κ3) is 2.91. The number of methoxy groups -OCH3 is 2. The van der Waals surface area contributed by atoms with E-state index in [0.29, 0.717) is 0 Å². The quantitative estimate of drug-likeness (QED) is 0.897. The Bertz CT molecular complexity index is 519. The number of nitrogens with one attached hydrogen (secondary N) is 1. The molecule has 1 heterocycles. The molecule has 94 valence electrons. The van der Waals surface area contributed by atoms with Crippen molar-refractivity contribution in [1.82, 2.24) is 4.98 Å². The zero-order valence-electron chi connectivity index (χ0n) is 10.7. The fourth-order valence-corrected chi connectivity index (χ4v) is 1.63. The van der Waals surface area contributed by atoms with Gasteiger partial charge in [-0.15, -0.1) is 0 Å². The molecule has 0 bridgehead atoms. The SMILES string of the molecule is COc1cc(Nc2cc(C)ccn2)cc(OC)c1. The Morgan fingerprint density at radius 1 is 1.00 bits per heavy atom. The summed E-state index contributed by atoms with van der Waals surface area (Å²) in [6.07, 6.45) is 1.77. The topological polar surface area (TPSA) is 43.4 Å². The molecular weight excluding hydrogens is 228 g/mol. The molecule has 1 aromatic heterocycles. The Morgan fingerprint density at radius 3 is 2.22 bits per heavy atom. The van der Waals surface area contributed by atoms with Crippen LogP contribution in [0.4, 0.5) is 11.5 Å². The van der Waals surface area contributed by atoms with E-state index >= 15 is 0 Å². The molecule has 0 aliphatic rings. The molecule has 1 N–H and O–H groups in total. The van der Waals surface area contributed by atoms with Gasteiger partial charge < -0.3 is 14.8 Å². The summed E-state index contributed by atoms with van der Waals surface area (Å²) >= 11 is 0. The van der Waals surface area contributed by atoms with E-state index in [0.717, 1.165) is 28.6 Å². The van der Waals surface area contributed by atoms with Gasteiger partial charge in [-0.05, 0) is 24.6 Å². The lowest BCUT2D eigenvalue weighted by atomic mass is 10.2. The minimum absolute atomic E-state index is 0.740. The number of nitrogens with zero attached hydrogens (tertiary/aromatic N) is 1. The molecule has 0 aliphatic heterocycles. The second kappa shape index (κ2) is 5.40. The maximum absolute atomic E-state index is 5.22. The molecule has 4 nitrogen and oxygen atoms in total. The summed E-state index contributed by atoms with van der Waals surface area (Å²) in [5.41, 5.74) is 2.03. The maximum atomic E-state index is 5.22. The van der Waals surface area contributed by atoms with Gasteiger partial charge in [0, 0.05) is 30.1 Å². The molecule has 0 saturated carbocycles. The Labute approximate surface area is 107 Å². The van der Waals surface area contributed by atoms with Gasteiger partial charge in [-0.2, -0.15) is 0 Å². The van der Waals surface area contributed by atoms with Crippen LogP contribution >= 0.6 is 0 Å². The Balaban J connectivity index is 2.28. The average Bonchev–Trinajstić information content (AvgIpc) is 2.38. The highest BCUT2D eigenvalue weighted by Gasteiger charge is 2.03. The number of rotatable bonds is 4. The van der Waals surface area contributed by atoms with Gasteiger partial charge in [0.05, 0.1) is 14.2 Å². The predicted molar refractivity (Wildman–Crippen MR) is 71.8 cm³/mol. The van der Waals surface area contributed by atoms with Gasteiger partial charge in [0.2, 0.25) is 0 Å². The lowest BCUT2D eigenvalue weighted by molar-refractivity contribution is 0.395. The highest BCUT2D eigenvalue weighted by Crippen LogP contribution is 2.27. The van der Waals surface area contributed by atoms with Gasteiger partial charge in [-0.25, -0.2) is 4.98 Å². The molecule has 1 aromatic carbocycles. The van der Waals surface area contributed by atoms with E-state index in [-0.39, 0.29) is 0 Å². The first kappa shape index (κ1) is 12.2. The van der Waals surface area contributed by atoms with Crippen LogP contribution in [-0.4, -0.2) is 19.2 Å². The van der Waals surface area contributed by atoms with Crippen LogP contribution in [-0.2, 0) is 0 Å². The van der Waals surface area contributed by atoms with E-state index in [1.54, 1.807) is 20.4 Å². The van der Waals surface area contributed by atoms with Crippen molar-refractivity contribution in [2.24, 2.45) is 0 Å². The number of aromatic nitrogens is 1. The zero-order chi connectivity index (χ0) is 13.0. The monoisotopic (exact) mass is 244 g/mol. The van der Waals surface area contributed by atoms with Crippen LogP contribution in [0.2, 0.25) is 0 Å². The van der Waals surface area contributed by atoms with E-state index in [9.17, 15) is 0 Å². The Hall–Kier alpha value is -2.23. The highest BCUT2D eigenvalue weighted by molar-refractivity contribution is 5.61. The van der Waals surface area contributed by atoms with Crippen LogP contribution < -0.4 is 14.8 Å². The van der Waals surface area contributed by atoms with Crippen LogP contribution in [0.3, 0.4) is 0 Å². The maximum Gasteiger partial charge on any atom is 0.130 e. The van der Waals surface area contributed by atoms with Gasteiger partial charge in [0.15, 0.2) is 0 Å². The number of hydrogen-bond acceptors (Lipinski definition) is 4. The Morgan fingerprint density at radius 2 is 1.67 bits per heavy atom. The molecule has 0 spiro atoms. The normalized spacial score (nSPS) is 9.94. The minimum atomic E-state index is 0.740. The fraction of sp³-hybridized carbons (Fsp3) is 0.214. The number of hydrogen-bond donors (Lipinski definition) is 1. The van der Waals surface area contributed by atoms with Crippen LogP contribution in [0.5, 0.6) is 11.5 Å². The molecule has 0 aliphatic carbocycles. The van der Waals surface area contributed by atoms with Crippen molar-refractivity contribution < 1.29 is 9.47 Å². The molecular formula is C14H16N2O2. The van der Waals surface area contributed by atoms with E-state index in [1.807, 2.05) is 37.3 Å². The molecule has 4 heteroatoms. The van der Waals surface area contributed by atoms with Crippen molar-refractivity contribution in [1.29, 1.82) is 0 Å². The molecule has 2 rings (SSSR count). The average molecular weight is 244 g/mol. The number of pyridine rings is 1. The Kier molecular flexibility index (Phi) is 3.67. The van der Waals surface area contributed by atoms with Gasteiger partial charge in [0.25, 0.3) is 0 Å². The number of anilines is 2. The van der Waals surface area contributed by atoms with Crippen molar-refractivity contribution in [2.75, 3.05) is 19.5 Å². The number of ether oxygens (including phenoxy) is 2. The van der Waals surface area contributed by atoms with Gasteiger partial charge in [-0.1, -0.05) is 0 Å². The van der Waals surface area contributed by atoms with Crippen molar-refractivity contribution in [3.05, 3.63) is 42.1 Å². The fourth-order valence-electron chi connectivity index (χ4n) is 1.63. The molecule has 18 heavy (non-hydrogen) atoms. The molecule has 0 amide bonds. The van der Waals surface area contributed by atoms with Gasteiger partial charge in [0.1, 0.15) is 17.3 Å². The first-order chi connectivity index (χ1) is 8.71. The summed E-state index contributed by atoms with van der Waals surface area (Å²) in [4.78, 5) is 4.25. The summed E-state index contributed by atoms with van der Waals surface area (Å²) in [7, 11) is 3.26. The van der Waals surface area contributed by atoms with Crippen LogP contribution in [0.15, 0.2) is 36.5 Å². The third-order valence-corrected chi connectivity index (χ3v) is 2.54. The summed E-state index contributed by atoms with van der Waals surface area (Å²) in [5, 5.41) is 3.22. The van der Waals surface area contributed by atoms with Crippen LogP contribution in [0.25, 0.3) is 0 Å². The molecule has 0 unspecified atom stereocenters. The van der Waals surface area contributed by atoms with Crippen molar-refractivity contribution in [2.45, 2.75) is 6.92 Å². The second-order valence-electron chi connectivity index (χ2n) is 3.94. The molecule has 0 fully saturated rings. The van der Waals surface area contributed by atoms with E-state index in [4.69, 9.17) is 9.47 Å². The minimum Gasteiger partial charge on any atom is -0.497 e. The van der Waals surface area contributed by atoms with Crippen molar-refractivity contribution >= 4 is 11.5 Å². The molecule has 0 radical (unpaired) electrons. The van der Waals surface area contributed by atoms with Crippen LogP contribution in [0, 0.1) is 6.92 Å². The summed E-state index contributed by atoms with van der Waals surface area (Å²) in [5.74, 6) is 2.28. The van der Waals surface area contributed by atoms with E-state index in [1.165, 1.54) is 0 Å². The van der Waals surface area contributed by atoms with Gasteiger partial charge in [-0.3, -0.25) is 0 Å². The lowest BCUT2D eigenvalue weighted by Crippen LogP contribution is -1.95. The summed E-state index contributed by atoms with van der Waals surface area (Å²) < 4.78 is 10.4. The predicted octanol–water partition coefficient (Wildman–Crippen LogP) is 3.15. The van der Waals surface area contributed by atoms with E-state index in [2.05, 4.69) is 10.3 Å². The zero-order valence-corrected chi connectivity index (χ0v) is 10.7. The van der Waals surface area contributed by atoms with Crippen molar-refractivity contribution in [3.8, 4) is 11.5 Å². The standard InChI is InChI=1S/C14H16N2O2/c1-10-4-5-15-14(6-10)16-11-7-12(17-2)9-13(8-11)18-3/h4-9H,1-3H3,(H,15,16). The first-order valence-electron chi connectivity index (χ1n) is 5.64. The smallest absolute Gasteiger partial charge is 0.130 e. The highest BCUT2D eigenvalue weighted by atomic mass is 16.5. The largest absolute Gasteiger partial charge is 0.497 e.